The highest BCUT2D eigenvalue weighted by molar-refractivity contribution is 5.33. The summed E-state index contributed by atoms with van der Waals surface area (Å²) in [7, 11) is 0. The third-order valence-electron chi connectivity index (χ3n) is 4.63. The standard InChI is InChI=1S/C15H21NO/c16-11-15(7-1-8-15)14-4-2-12(3-5-14)13-6-9-17-10-13/h2-5,13H,1,6-11,16H2. The van der Waals surface area contributed by atoms with Crippen LogP contribution in [0.25, 0.3) is 0 Å². The minimum absolute atomic E-state index is 0.296. The summed E-state index contributed by atoms with van der Waals surface area (Å²) in [5.74, 6) is 0.610. The molecule has 1 saturated heterocycles. The lowest BCUT2D eigenvalue weighted by atomic mass is 9.64. The number of ether oxygens (including phenoxy) is 1. The monoisotopic (exact) mass is 231 g/mol. The first-order valence-corrected chi connectivity index (χ1v) is 6.72. The molecule has 1 aliphatic carbocycles. The van der Waals surface area contributed by atoms with Crippen molar-refractivity contribution in [1.29, 1.82) is 0 Å². The van der Waals surface area contributed by atoms with E-state index in [9.17, 15) is 0 Å². The minimum Gasteiger partial charge on any atom is -0.381 e. The molecule has 1 aromatic rings. The maximum absolute atomic E-state index is 5.94. The number of hydrogen-bond donors (Lipinski definition) is 1. The fraction of sp³-hybridized carbons (Fsp3) is 0.600. The molecule has 1 atom stereocenters. The van der Waals surface area contributed by atoms with Crippen LogP contribution in [0, 0.1) is 0 Å². The smallest absolute Gasteiger partial charge is 0.0535 e. The van der Waals surface area contributed by atoms with Crippen molar-refractivity contribution < 1.29 is 4.74 Å². The van der Waals surface area contributed by atoms with Crippen molar-refractivity contribution in [1.82, 2.24) is 0 Å². The quantitative estimate of drug-likeness (QED) is 0.867. The summed E-state index contributed by atoms with van der Waals surface area (Å²) in [5.41, 5.74) is 9.10. The number of rotatable bonds is 3. The van der Waals surface area contributed by atoms with Crippen LogP contribution in [-0.2, 0) is 10.2 Å². The predicted octanol–water partition coefficient (Wildman–Crippen LogP) is 2.57. The lowest BCUT2D eigenvalue weighted by molar-refractivity contribution is 0.194. The molecule has 2 N–H and O–H groups in total. The van der Waals surface area contributed by atoms with Gasteiger partial charge >= 0.3 is 0 Å². The molecule has 0 radical (unpaired) electrons. The molecule has 1 saturated carbocycles. The van der Waals surface area contributed by atoms with Gasteiger partial charge in [-0.3, -0.25) is 0 Å². The molecule has 0 bridgehead atoms. The van der Waals surface area contributed by atoms with E-state index in [-0.39, 0.29) is 0 Å². The Morgan fingerprint density at radius 1 is 1.24 bits per heavy atom. The first-order chi connectivity index (χ1) is 8.34. The molecular formula is C15H21NO. The zero-order chi connectivity index (χ0) is 11.7. The Hall–Kier alpha value is -0.860. The van der Waals surface area contributed by atoms with Crippen molar-refractivity contribution in [3.63, 3.8) is 0 Å². The molecule has 0 spiro atoms. The van der Waals surface area contributed by atoms with E-state index in [1.54, 1.807) is 0 Å². The number of hydrogen-bond acceptors (Lipinski definition) is 2. The second kappa shape index (κ2) is 4.43. The van der Waals surface area contributed by atoms with Crippen molar-refractivity contribution >= 4 is 0 Å². The fourth-order valence-electron chi connectivity index (χ4n) is 3.12. The van der Waals surface area contributed by atoms with Gasteiger partial charge in [-0.25, -0.2) is 0 Å². The highest BCUT2D eigenvalue weighted by atomic mass is 16.5. The van der Waals surface area contributed by atoms with Gasteiger partial charge in [-0.2, -0.15) is 0 Å². The van der Waals surface area contributed by atoms with Crippen molar-refractivity contribution in [2.75, 3.05) is 19.8 Å². The van der Waals surface area contributed by atoms with Crippen molar-refractivity contribution in [2.45, 2.75) is 37.0 Å². The van der Waals surface area contributed by atoms with Crippen LogP contribution >= 0.6 is 0 Å². The second-order valence-electron chi connectivity index (χ2n) is 5.52. The van der Waals surface area contributed by atoms with E-state index in [0.717, 1.165) is 19.8 Å². The molecule has 1 unspecified atom stereocenters. The Bertz CT molecular complexity index is 369. The zero-order valence-electron chi connectivity index (χ0n) is 10.3. The summed E-state index contributed by atoms with van der Waals surface area (Å²) in [6.07, 6.45) is 5.02. The van der Waals surface area contributed by atoms with Crippen LogP contribution in [0.15, 0.2) is 24.3 Å². The lowest BCUT2D eigenvalue weighted by Crippen LogP contribution is -2.41. The first kappa shape index (κ1) is 11.2. The molecule has 17 heavy (non-hydrogen) atoms. The van der Waals surface area contributed by atoms with Gasteiger partial charge < -0.3 is 10.5 Å². The number of benzene rings is 1. The Labute approximate surface area is 103 Å². The molecule has 1 aromatic carbocycles. The van der Waals surface area contributed by atoms with Gasteiger partial charge in [-0.1, -0.05) is 30.7 Å². The zero-order valence-corrected chi connectivity index (χ0v) is 10.3. The van der Waals surface area contributed by atoms with Crippen LogP contribution in [-0.4, -0.2) is 19.8 Å². The molecule has 2 fully saturated rings. The summed E-state index contributed by atoms with van der Waals surface area (Å²) < 4.78 is 5.44. The van der Waals surface area contributed by atoms with Gasteiger partial charge in [0.15, 0.2) is 0 Å². The third-order valence-corrected chi connectivity index (χ3v) is 4.63. The average Bonchev–Trinajstić information content (AvgIpc) is 2.83. The number of nitrogens with two attached hydrogens (primary N) is 1. The highest BCUT2D eigenvalue weighted by Gasteiger charge is 2.37. The molecule has 1 aliphatic heterocycles. The first-order valence-electron chi connectivity index (χ1n) is 6.72. The van der Waals surface area contributed by atoms with Gasteiger partial charge in [0.25, 0.3) is 0 Å². The minimum atomic E-state index is 0.296. The van der Waals surface area contributed by atoms with Crippen LogP contribution in [0.3, 0.4) is 0 Å². The van der Waals surface area contributed by atoms with Crippen LogP contribution in [0.2, 0.25) is 0 Å². The molecule has 0 amide bonds. The van der Waals surface area contributed by atoms with E-state index in [2.05, 4.69) is 24.3 Å². The third kappa shape index (κ3) is 1.90. The Balaban J connectivity index is 1.79. The van der Waals surface area contributed by atoms with Crippen molar-refractivity contribution in [3.05, 3.63) is 35.4 Å². The molecule has 1 heterocycles. The van der Waals surface area contributed by atoms with Crippen LogP contribution < -0.4 is 5.73 Å². The molecule has 2 aliphatic rings. The van der Waals surface area contributed by atoms with Crippen molar-refractivity contribution in [3.8, 4) is 0 Å². The largest absolute Gasteiger partial charge is 0.381 e. The van der Waals surface area contributed by atoms with E-state index in [0.29, 0.717) is 11.3 Å². The van der Waals surface area contributed by atoms with Crippen molar-refractivity contribution in [2.24, 2.45) is 5.73 Å². The van der Waals surface area contributed by atoms with Gasteiger partial charge in [0, 0.05) is 24.5 Å². The molecule has 0 aromatic heterocycles. The van der Waals surface area contributed by atoms with Crippen LogP contribution in [0.5, 0.6) is 0 Å². The van der Waals surface area contributed by atoms with Gasteiger partial charge in [-0.15, -0.1) is 0 Å². The van der Waals surface area contributed by atoms with Crippen LogP contribution in [0.4, 0.5) is 0 Å². The summed E-state index contributed by atoms with van der Waals surface area (Å²) in [6.45, 7) is 2.60. The van der Waals surface area contributed by atoms with E-state index in [4.69, 9.17) is 10.5 Å². The summed E-state index contributed by atoms with van der Waals surface area (Å²) in [6, 6.07) is 9.15. The Kier molecular flexibility index (Phi) is 2.93. The Morgan fingerprint density at radius 2 is 2.00 bits per heavy atom. The van der Waals surface area contributed by atoms with Gasteiger partial charge in [0.05, 0.1) is 6.61 Å². The van der Waals surface area contributed by atoms with E-state index >= 15 is 0 Å². The van der Waals surface area contributed by atoms with E-state index < -0.39 is 0 Å². The lowest BCUT2D eigenvalue weighted by Gasteiger charge is -2.41. The average molecular weight is 231 g/mol. The maximum Gasteiger partial charge on any atom is 0.0535 e. The summed E-state index contributed by atoms with van der Waals surface area (Å²) >= 11 is 0. The molecule has 2 heteroatoms. The highest BCUT2D eigenvalue weighted by Crippen LogP contribution is 2.43. The van der Waals surface area contributed by atoms with Gasteiger partial charge in [-0.05, 0) is 30.4 Å². The van der Waals surface area contributed by atoms with Gasteiger partial charge in [0.1, 0.15) is 0 Å². The molecule has 2 nitrogen and oxygen atoms in total. The van der Waals surface area contributed by atoms with Crippen LogP contribution in [0.1, 0.15) is 42.7 Å². The molecular weight excluding hydrogens is 210 g/mol. The van der Waals surface area contributed by atoms with E-state index in [1.807, 2.05) is 0 Å². The molecule has 3 rings (SSSR count). The maximum atomic E-state index is 5.94. The summed E-state index contributed by atoms with van der Waals surface area (Å²) in [5, 5.41) is 0. The predicted molar refractivity (Wildman–Crippen MR) is 69.2 cm³/mol. The topological polar surface area (TPSA) is 35.2 Å². The SMILES string of the molecule is NCC1(c2ccc(C3CCOC3)cc2)CCC1. The summed E-state index contributed by atoms with van der Waals surface area (Å²) in [4.78, 5) is 0. The second-order valence-corrected chi connectivity index (χ2v) is 5.52. The normalized spacial score (nSPS) is 26.8. The fourth-order valence-corrected chi connectivity index (χ4v) is 3.12. The van der Waals surface area contributed by atoms with Gasteiger partial charge in [0.2, 0.25) is 0 Å². The van der Waals surface area contributed by atoms with E-state index in [1.165, 1.54) is 36.8 Å². The molecule has 92 valence electrons. The Morgan fingerprint density at radius 3 is 2.47 bits per heavy atom.